The number of halogens is 4. The zero-order valence-corrected chi connectivity index (χ0v) is 22.3. The Morgan fingerprint density at radius 3 is 1.51 bits per heavy atom. The van der Waals surface area contributed by atoms with E-state index in [-0.39, 0.29) is 40.1 Å². The van der Waals surface area contributed by atoms with Crippen molar-refractivity contribution in [2.24, 2.45) is 0 Å². The average Bonchev–Trinajstić information content (AvgIpc) is 3.57. The fourth-order valence-electron chi connectivity index (χ4n) is 3.34. The van der Waals surface area contributed by atoms with Crippen LogP contribution in [0, 0.1) is 13.8 Å². The molecule has 2 aromatic heterocycles. The van der Waals surface area contributed by atoms with E-state index in [1.807, 2.05) is 0 Å². The van der Waals surface area contributed by atoms with Crippen molar-refractivity contribution in [1.29, 1.82) is 0 Å². The molecule has 16 heteroatoms. The predicted molar refractivity (Wildman–Crippen MR) is 125 cm³/mol. The maximum absolute atomic E-state index is 15.4. The van der Waals surface area contributed by atoms with Gasteiger partial charge in [0.15, 0.2) is 12.6 Å². The number of carbonyl (C=O) groups excluding carboxylic acids is 2. The number of aromatic nitrogens is 4. The van der Waals surface area contributed by atoms with Gasteiger partial charge in [0.1, 0.15) is 32.8 Å². The van der Waals surface area contributed by atoms with Crippen LogP contribution in [0.3, 0.4) is 0 Å². The van der Waals surface area contributed by atoms with Gasteiger partial charge in [-0.1, -0.05) is 34.8 Å². The molecule has 2 aliphatic heterocycles. The molecule has 2 saturated heterocycles. The Kier molecular flexibility index (Phi) is 9.92. The Morgan fingerprint density at radius 1 is 0.757 bits per heavy atom. The third-order valence-corrected chi connectivity index (χ3v) is 5.81. The highest BCUT2D eigenvalue weighted by Crippen LogP contribution is 2.39. The van der Waals surface area contributed by atoms with Gasteiger partial charge in [-0.25, -0.2) is 33.9 Å². The van der Waals surface area contributed by atoms with Crippen molar-refractivity contribution in [3.05, 3.63) is 43.9 Å². The van der Waals surface area contributed by atoms with E-state index in [1.165, 1.54) is 6.92 Å². The van der Waals surface area contributed by atoms with Crippen LogP contribution in [0.4, 0.5) is 4.39 Å². The molecule has 0 amide bonds. The molecular weight excluding hydrogens is 562 g/mol. The van der Waals surface area contributed by atoms with Crippen LogP contribution in [0.2, 0.25) is 15.5 Å². The number of alkyl halides is 1. The maximum Gasteiger partial charge on any atom is 0.362 e. The Morgan fingerprint density at radius 2 is 1.11 bits per heavy atom. The fraction of sp³-hybridized carbons (Fsp3) is 0.524. The van der Waals surface area contributed by atoms with Gasteiger partial charge in [0, 0.05) is 0 Å². The summed E-state index contributed by atoms with van der Waals surface area (Å²) in [5, 5.41) is 0.373. The van der Waals surface area contributed by atoms with Crippen LogP contribution in [0.15, 0.2) is 0 Å². The van der Waals surface area contributed by atoms with E-state index in [4.69, 9.17) is 53.8 Å². The molecule has 0 saturated carbocycles. The first-order chi connectivity index (χ1) is 17.5. The number of carbonyl (C=O) groups is 2. The molecule has 37 heavy (non-hydrogen) atoms. The van der Waals surface area contributed by atoms with Crippen molar-refractivity contribution in [3.63, 3.8) is 0 Å². The van der Waals surface area contributed by atoms with Crippen LogP contribution in [-0.2, 0) is 43.7 Å². The van der Waals surface area contributed by atoms with Gasteiger partial charge in [-0.15, -0.1) is 0 Å². The highest BCUT2D eigenvalue weighted by atomic mass is 35.5. The Bertz CT molecular complexity index is 1120. The van der Waals surface area contributed by atoms with Crippen LogP contribution in [0.25, 0.3) is 0 Å². The largest absolute Gasteiger partial charge is 0.466 e. The molecule has 4 heterocycles. The zero-order valence-electron chi connectivity index (χ0n) is 20.0. The molecule has 0 bridgehead atoms. The summed E-state index contributed by atoms with van der Waals surface area (Å²) in [6.45, 7) is 4.66. The first-order valence-corrected chi connectivity index (χ1v) is 11.7. The highest BCUT2D eigenvalue weighted by Gasteiger charge is 2.55. The van der Waals surface area contributed by atoms with Crippen LogP contribution in [0.5, 0.6) is 0 Å². The first-order valence-electron chi connectivity index (χ1n) is 10.6. The normalized spacial score (nSPS) is 16.3. The second-order valence-corrected chi connectivity index (χ2v) is 8.45. The molecule has 0 aromatic carbocycles. The lowest BCUT2D eigenvalue weighted by atomic mass is 9.97. The lowest BCUT2D eigenvalue weighted by Gasteiger charge is -2.24. The van der Waals surface area contributed by atoms with Crippen LogP contribution in [-0.4, -0.2) is 72.5 Å². The van der Waals surface area contributed by atoms with E-state index in [0.29, 0.717) is 24.6 Å². The zero-order chi connectivity index (χ0) is 27.3. The van der Waals surface area contributed by atoms with Gasteiger partial charge >= 0.3 is 17.6 Å². The highest BCUT2D eigenvalue weighted by molar-refractivity contribution is 6.34. The first kappa shape index (κ1) is 29.3. The van der Waals surface area contributed by atoms with Gasteiger partial charge in [0.2, 0.25) is 0 Å². The van der Waals surface area contributed by atoms with Crippen LogP contribution in [0.1, 0.15) is 41.0 Å². The minimum absolute atomic E-state index is 0.0431. The predicted octanol–water partition coefficient (Wildman–Crippen LogP) is 3.13. The van der Waals surface area contributed by atoms with E-state index < -0.39 is 35.9 Å². The molecule has 4 rings (SSSR count). The summed E-state index contributed by atoms with van der Waals surface area (Å²) in [5.74, 6) is -2.43. The van der Waals surface area contributed by atoms with E-state index in [1.54, 1.807) is 6.92 Å². The number of hydrogen-bond donors (Lipinski definition) is 0. The number of ether oxygens (including phenoxy) is 6. The molecule has 2 aromatic rings. The van der Waals surface area contributed by atoms with Crippen molar-refractivity contribution in [3.8, 4) is 0 Å². The molecule has 0 unspecified atom stereocenters. The summed E-state index contributed by atoms with van der Waals surface area (Å²) in [7, 11) is 1.86. The number of aryl methyl sites for hydroxylation is 2. The van der Waals surface area contributed by atoms with Crippen LogP contribution >= 0.6 is 34.8 Å². The second kappa shape index (κ2) is 12.5. The van der Waals surface area contributed by atoms with E-state index in [9.17, 15) is 9.59 Å². The molecule has 0 aliphatic carbocycles. The second-order valence-electron chi connectivity index (χ2n) is 7.38. The van der Waals surface area contributed by atoms with E-state index in [2.05, 4.69) is 29.4 Å². The number of esters is 2. The van der Waals surface area contributed by atoms with Crippen molar-refractivity contribution < 1.29 is 42.4 Å². The molecular formula is C21H22Cl3FN4O8. The fourth-order valence-corrected chi connectivity index (χ4v) is 4.29. The minimum Gasteiger partial charge on any atom is -0.466 e. The molecule has 2 aliphatic rings. The monoisotopic (exact) mass is 582 g/mol. The summed E-state index contributed by atoms with van der Waals surface area (Å²) in [6, 6.07) is 0. The van der Waals surface area contributed by atoms with Gasteiger partial charge < -0.3 is 28.4 Å². The Labute approximate surface area is 225 Å². The lowest BCUT2D eigenvalue weighted by Crippen LogP contribution is -2.43. The number of hydrogen-bond acceptors (Lipinski definition) is 12. The third kappa shape index (κ3) is 6.25. The minimum atomic E-state index is -3.33. The number of nitrogens with zero attached hydrogens (tertiary/aromatic N) is 4. The lowest BCUT2D eigenvalue weighted by molar-refractivity contribution is -0.173. The quantitative estimate of drug-likeness (QED) is 0.290. The number of rotatable bonds is 5. The summed E-state index contributed by atoms with van der Waals surface area (Å²) in [5.41, 5.74) is -3.60. The third-order valence-electron chi connectivity index (χ3n) is 4.95. The SMILES string of the molecule is COC(=O)C(F)(C(=O)OC)c1nc(C)nc(Cl)c1C1OCCO1.Cc1nc(Cl)c(C2OCCO2)c(Cl)n1. The Hall–Kier alpha value is -2.26. The molecule has 0 N–H and O–H groups in total. The smallest absolute Gasteiger partial charge is 0.362 e. The van der Waals surface area contributed by atoms with E-state index in [0.717, 1.165) is 14.2 Å². The molecule has 0 atom stereocenters. The van der Waals surface area contributed by atoms with Gasteiger partial charge in [-0.05, 0) is 13.8 Å². The average molecular weight is 584 g/mol. The van der Waals surface area contributed by atoms with Crippen LogP contribution < -0.4 is 0 Å². The summed E-state index contributed by atoms with van der Waals surface area (Å²) >= 11 is 17.9. The van der Waals surface area contributed by atoms with Crippen molar-refractivity contribution in [1.82, 2.24) is 19.9 Å². The summed E-state index contributed by atoms with van der Waals surface area (Å²) < 4.78 is 45.2. The molecule has 202 valence electrons. The van der Waals surface area contributed by atoms with Crippen molar-refractivity contribution >= 4 is 46.7 Å². The molecule has 2 fully saturated rings. The Balaban J connectivity index is 0.000000231. The number of methoxy groups -OCH3 is 2. The summed E-state index contributed by atoms with van der Waals surface area (Å²) in [6.07, 6.45) is -1.64. The molecule has 0 spiro atoms. The van der Waals surface area contributed by atoms with E-state index >= 15 is 4.39 Å². The topological polar surface area (TPSA) is 141 Å². The maximum atomic E-state index is 15.4. The van der Waals surface area contributed by atoms with Gasteiger partial charge in [-0.2, -0.15) is 0 Å². The van der Waals surface area contributed by atoms with Gasteiger partial charge in [0.05, 0.1) is 51.8 Å². The van der Waals surface area contributed by atoms with Crippen molar-refractivity contribution in [2.75, 3.05) is 40.6 Å². The van der Waals surface area contributed by atoms with Gasteiger partial charge in [0.25, 0.3) is 0 Å². The summed E-state index contributed by atoms with van der Waals surface area (Å²) in [4.78, 5) is 39.6. The standard InChI is InChI=1S/C13H14ClFN2O6.C8H8Cl2N2O2/c1-6-16-8(13(15,11(18)20-2)12(19)21-3)7(9(14)17-6)10-22-4-5-23-10;1-4-11-6(9)5(7(10)12-4)8-13-2-3-14-8/h10H,4-5H2,1-3H3;8H,2-3H2,1H3. The van der Waals surface area contributed by atoms with Gasteiger partial charge in [-0.3, -0.25) is 0 Å². The molecule has 0 radical (unpaired) electrons. The van der Waals surface area contributed by atoms with Crippen molar-refractivity contribution in [2.45, 2.75) is 32.1 Å². The molecule has 12 nitrogen and oxygen atoms in total.